The van der Waals surface area contributed by atoms with Crippen LogP contribution in [0.4, 0.5) is 4.39 Å². The normalized spacial score (nSPS) is 19.5. The molecule has 5 heteroatoms. The monoisotopic (exact) mass is 369 g/mol. The molecule has 0 spiro atoms. The van der Waals surface area contributed by atoms with E-state index in [1.54, 1.807) is 12.1 Å². The summed E-state index contributed by atoms with van der Waals surface area (Å²) in [6.07, 6.45) is 3.77. The maximum absolute atomic E-state index is 13.1. The van der Waals surface area contributed by atoms with E-state index < -0.39 is 6.04 Å². The van der Waals surface area contributed by atoms with E-state index in [1.165, 1.54) is 24.1 Å². The summed E-state index contributed by atoms with van der Waals surface area (Å²) in [6.45, 7) is 1.25. The minimum Gasteiger partial charge on any atom is -0.351 e. The van der Waals surface area contributed by atoms with Gasteiger partial charge in [0.2, 0.25) is 5.91 Å². The zero-order chi connectivity index (χ0) is 19.1. The lowest BCUT2D eigenvalue weighted by molar-refractivity contribution is -0.122. The van der Waals surface area contributed by atoms with Crippen LogP contribution in [-0.4, -0.2) is 24.5 Å². The van der Waals surface area contributed by atoms with Gasteiger partial charge in [-0.25, -0.2) is 4.39 Å². The topological polar surface area (TPSA) is 67.1 Å². The Morgan fingerprint density at radius 1 is 1.15 bits per heavy atom. The van der Waals surface area contributed by atoms with Crippen LogP contribution in [0.3, 0.4) is 0 Å². The van der Waals surface area contributed by atoms with E-state index in [-0.39, 0.29) is 11.7 Å². The second-order valence-corrected chi connectivity index (χ2v) is 7.26. The Hall–Kier alpha value is -2.24. The Kier molecular flexibility index (Phi) is 6.96. The summed E-state index contributed by atoms with van der Waals surface area (Å²) in [6, 6.07) is 16.9. The highest BCUT2D eigenvalue weighted by molar-refractivity contribution is 5.81. The fraction of sp³-hybridized carbons (Fsp3) is 0.409. The first-order valence-corrected chi connectivity index (χ1v) is 9.69. The predicted molar refractivity (Wildman–Crippen MR) is 106 cm³/mol. The Morgan fingerprint density at radius 3 is 2.74 bits per heavy atom. The smallest absolute Gasteiger partial charge is 0.237 e. The average Bonchev–Trinajstić information content (AvgIpc) is 3.46. The van der Waals surface area contributed by atoms with Crippen molar-refractivity contribution in [3.63, 3.8) is 0 Å². The largest absolute Gasteiger partial charge is 0.351 e. The molecule has 3 rings (SSSR count). The number of hydrogen-bond acceptors (Lipinski definition) is 3. The first-order chi connectivity index (χ1) is 13.1. The van der Waals surface area contributed by atoms with Crippen molar-refractivity contribution in [2.45, 2.75) is 50.2 Å². The number of amides is 1. The van der Waals surface area contributed by atoms with Crippen LogP contribution in [0.15, 0.2) is 54.6 Å². The summed E-state index contributed by atoms with van der Waals surface area (Å²) in [5, 5.41) is 6.36. The summed E-state index contributed by atoms with van der Waals surface area (Å²) in [4.78, 5) is 12.0. The molecule has 4 nitrogen and oxygen atoms in total. The van der Waals surface area contributed by atoms with Crippen LogP contribution in [0, 0.1) is 5.82 Å². The lowest BCUT2D eigenvalue weighted by Crippen LogP contribution is -2.40. The number of unbranched alkanes of at least 4 members (excludes halogenated alkanes) is 1. The van der Waals surface area contributed by atoms with Gasteiger partial charge < -0.3 is 16.4 Å². The van der Waals surface area contributed by atoms with Gasteiger partial charge in [0.25, 0.3) is 0 Å². The van der Waals surface area contributed by atoms with Gasteiger partial charge in [-0.15, -0.1) is 0 Å². The van der Waals surface area contributed by atoms with Gasteiger partial charge in [-0.3, -0.25) is 4.79 Å². The van der Waals surface area contributed by atoms with E-state index in [9.17, 15) is 9.18 Å². The number of carbonyl (C=O) groups excluding carboxylic acids is 1. The molecule has 0 aliphatic heterocycles. The summed E-state index contributed by atoms with van der Waals surface area (Å²) in [5.74, 6) is 0.157. The second-order valence-electron chi connectivity index (χ2n) is 7.26. The Morgan fingerprint density at radius 2 is 1.96 bits per heavy atom. The Labute approximate surface area is 160 Å². The third-order valence-corrected chi connectivity index (χ3v) is 5.06. The number of nitrogens with one attached hydrogen (secondary N) is 2. The highest BCUT2D eigenvalue weighted by atomic mass is 19.1. The molecule has 0 aromatic heterocycles. The van der Waals surface area contributed by atoms with Crippen LogP contribution in [0.1, 0.15) is 42.7 Å². The quantitative estimate of drug-likeness (QED) is 0.564. The van der Waals surface area contributed by atoms with Crippen LogP contribution < -0.4 is 16.4 Å². The van der Waals surface area contributed by atoms with E-state index in [4.69, 9.17) is 5.73 Å². The van der Waals surface area contributed by atoms with Gasteiger partial charge in [0.1, 0.15) is 5.82 Å². The summed E-state index contributed by atoms with van der Waals surface area (Å²) in [7, 11) is 0. The van der Waals surface area contributed by atoms with E-state index in [1.807, 2.05) is 6.07 Å². The minimum atomic E-state index is -0.517. The first-order valence-electron chi connectivity index (χ1n) is 9.69. The van der Waals surface area contributed by atoms with Crippen molar-refractivity contribution in [2.75, 3.05) is 6.54 Å². The van der Waals surface area contributed by atoms with Crippen LogP contribution in [0.5, 0.6) is 0 Å². The molecule has 0 bridgehead atoms. The number of halogens is 1. The molecule has 0 radical (unpaired) electrons. The SMILES string of the molecule is N[C@@H](CCCCNC1CC1c1ccccc1)C(=O)NCc1cccc(F)c1. The van der Waals surface area contributed by atoms with Crippen LogP contribution >= 0.6 is 0 Å². The molecule has 2 aromatic carbocycles. The number of benzene rings is 2. The fourth-order valence-electron chi connectivity index (χ4n) is 3.36. The van der Waals surface area contributed by atoms with E-state index >= 15 is 0 Å². The zero-order valence-corrected chi connectivity index (χ0v) is 15.5. The van der Waals surface area contributed by atoms with Gasteiger partial charge in [-0.05, 0) is 49.1 Å². The highest BCUT2D eigenvalue weighted by Crippen LogP contribution is 2.40. The van der Waals surface area contributed by atoms with Crippen LogP contribution in [-0.2, 0) is 11.3 Å². The molecule has 1 fully saturated rings. The molecule has 1 saturated carbocycles. The number of rotatable bonds is 10. The molecule has 1 amide bonds. The third-order valence-electron chi connectivity index (χ3n) is 5.06. The maximum atomic E-state index is 13.1. The lowest BCUT2D eigenvalue weighted by Gasteiger charge is -2.12. The van der Waals surface area contributed by atoms with Gasteiger partial charge in [-0.2, -0.15) is 0 Å². The summed E-state index contributed by atoms with van der Waals surface area (Å²) in [5.41, 5.74) is 8.10. The van der Waals surface area contributed by atoms with Crippen LogP contribution in [0.2, 0.25) is 0 Å². The van der Waals surface area contributed by atoms with Gasteiger partial charge >= 0.3 is 0 Å². The van der Waals surface area contributed by atoms with Gasteiger partial charge in [0.05, 0.1) is 6.04 Å². The van der Waals surface area contributed by atoms with E-state index in [0.717, 1.165) is 24.9 Å². The molecule has 0 saturated heterocycles. The van der Waals surface area contributed by atoms with Crippen molar-refractivity contribution in [1.82, 2.24) is 10.6 Å². The van der Waals surface area contributed by atoms with Crippen molar-refractivity contribution >= 4 is 5.91 Å². The fourth-order valence-corrected chi connectivity index (χ4v) is 3.36. The minimum absolute atomic E-state index is 0.182. The third kappa shape index (κ3) is 6.15. The van der Waals surface area contributed by atoms with E-state index in [0.29, 0.717) is 24.9 Å². The van der Waals surface area contributed by atoms with Crippen molar-refractivity contribution in [3.05, 3.63) is 71.5 Å². The molecule has 2 unspecified atom stereocenters. The molecule has 27 heavy (non-hydrogen) atoms. The van der Waals surface area contributed by atoms with Gasteiger partial charge in [-0.1, -0.05) is 48.9 Å². The Bertz CT molecular complexity index is 737. The molecule has 1 aliphatic carbocycles. The van der Waals surface area contributed by atoms with Crippen molar-refractivity contribution < 1.29 is 9.18 Å². The average molecular weight is 369 g/mol. The zero-order valence-electron chi connectivity index (χ0n) is 15.5. The van der Waals surface area contributed by atoms with Gasteiger partial charge in [0.15, 0.2) is 0 Å². The molecule has 2 aromatic rings. The molecule has 3 atom stereocenters. The molecular weight excluding hydrogens is 341 g/mol. The molecule has 4 N–H and O–H groups in total. The number of hydrogen-bond donors (Lipinski definition) is 3. The number of carbonyl (C=O) groups is 1. The van der Waals surface area contributed by atoms with Crippen molar-refractivity contribution in [1.29, 1.82) is 0 Å². The Balaban J connectivity index is 1.25. The molecule has 1 aliphatic rings. The number of nitrogens with two attached hydrogens (primary N) is 1. The second kappa shape index (κ2) is 9.62. The first kappa shape index (κ1) is 19.5. The summed E-state index contributed by atoms with van der Waals surface area (Å²) < 4.78 is 13.1. The van der Waals surface area contributed by atoms with Crippen LogP contribution in [0.25, 0.3) is 0 Å². The summed E-state index contributed by atoms with van der Waals surface area (Å²) >= 11 is 0. The molecule has 0 heterocycles. The maximum Gasteiger partial charge on any atom is 0.237 e. The standard InChI is InChI=1S/C22H28FN3O/c23-18-10-6-7-16(13-18)15-26-22(27)20(24)11-4-5-12-25-21-14-19(21)17-8-2-1-3-9-17/h1-3,6-10,13,19-21,25H,4-5,11-12,14-15,24H2,(H,26,27)/t19?,20-,21?/m0/s1. The molecule has 144 valence electrons. The van der Waals surface area contributed by atoms with E-state index in [2.05, 4.69) is 34.9 Å². The van der Waals surface area contributed by atoms with Crippen molar-refractivity contribution in [3.8, 4) is 0 Å². The highest BCUT2D eigenvalue weighted by Gasteiger charge is 2.37. The predicted octanol–water partition coefficient (Wildman–Crippen LogP) is 3.09. The van der Waals surface area contributed by atoms with Gasteiger partial charge in [0, 0.05) is 18.5 Å². The van der Waals surface area contributed by atoms with Crippen molar-refractivity contribution in [2.24, 2.45) is 5.73 Å². The lowest BCUT2D eigenvalue weighted by atomic mass is 10.1. The molecular formula is C22H28FN3O.